The zero-order valence-electron chi connectivity index (χ0n) is 10.4. The largest absolute Gasteiger partial charge is 0.416 e. The first-order chi connectivity index (χ1) is 9.04. The molecule has 0 saturated carbocycles. The van der Waals surface area contributed by atoms with E-state index < -0.39 is 44.7 Å². The maximum Gasteiger partial charge on any atom is 0.416 e. The summed E-state index contributed by atoms with van der Waals surface area (Å²) in [5.74, 6) is 0. The zero-order chi connectivity index (χ0) is 15.7. The Morgan fingerprint density at radius 3 is 1.75 bits per heavy atom. The normalized spacial score (nSPS) is 11.5. The van der Waals surface area contributed by atoms with Gasteiger partial charge < -0.3 is 5.32 Å². The Balaban J connectivity index is 3.63. The first-order valence-corrected chi connectivity index (χ1v) is 5.34. The topological polar surface area (TPSA) is 98.3 Å². The Hall–Kier alpha value is -2.39. The summed E-state index contributed by atoms with van der Waals surface area (Å²) in [6.07, 6.45) is -4.91. The van der Waals surface area contributed by atoms with Crippen LogP contribution in [0.25, 0.3) is 0 Å². The highest BCUT2D eigenvalue weighted by atomic mass is 19.4. The molecule has 10 heteroatoms. The van der Waals surface area contributed by atoms with Gasteiger partial charge in [0.15, 0.2) is 5.69 Å². The van der Waals surface area contributed by atoms with Crippen molar-refractivity contribution in [2.75, 3.05) is 5.32 Å². The van der Waals surface area contributed by atoms with E-state index in [4.69, 9.17) is 0 Å². The molecule has 110 valence electrons. The van der Waals surface area contributed by atoms with Gasteiger partial charge in [-0.15, -0.1) is 0 Å². The van der Waals surface area contributed by atoms with E-state index in [1.54, 1.807) is 13.8 Å². The second kappa shape index (κ2) is 5.31. The van der Waals surface area contributed by atoms with Gasteiger partial charge in [-0.05, 0) is 13.8 Å². The van der Waals surface area contributed by atoms with Crippen molar-refractivity contribution in [1.82, 2.24) is 0 Å². The SMILES string of the molecule is CC(C)Nc1c([N+](=O)[O-])cc(C(F)(F)F)cc1[N+](=O)[O-]. The number of anilines is 1. The highest BCUT2D eigenvalue weighted by Gasteiger charge is 2.37. The predicted octanol–water partition coefficient (Wildman–Crippen LogP) is 3.34. The minimum Gasteiger partial charge on any atom is -0.372 e. The van der Waals surface area contributed by atoms with E-state index in [0.29, 0.717) is 0 Å². The zero-order valence-corrected chi connectivity index (χ0v) is 10.4. The van der Waals surface area contributed by atoms with E-state index in [2.05, 4.69) is 5.32 Å². The van der Waals surface area contributed by atoms with Crippen molar-refractivity contribution in [3.63, 3.8) is 0 Å². The lowest BCUT2D eigenvalue weighted by Gasteiger charge is -2.13. The van der Waals surface area contributed by atoms with Crippen LogP contribution in [-0.4, -0.2) is 15.9 Å². The van der Waals surface area contributed by atoms with Crippen molar-refractivity contribution >= 4 is 17.1 Å². The molecule has 20 heavy (non-hydrogen) atoms. The molecule has 0 unspecified atom stereocenters. The van der Waals surface area contributed by atoms with Crippen LogP contribution in [0.2, 0.25) is 0 Å². The van der Waals surface area contributed by atoms with E-state index in [0.717, 1.165) is 0 Å². The Morgan fingerprint density at radius 2 is 1.50 bits per heavy atom. The number of nitro benzene ring substituents is 2. The van der Waals surface area contributed by atoms with Gasteiger partial charge in [0, 0.05) is 18.2 Å². The lowest BCUT2D eigenvalue weighted by atomic mass is 10.1. The Bertz CT molecular complexity index is 522. The molecule has 1 aromatic rings. The highest BCUT2D eigenvalue weighted by molar-refractivity contribution is 5.75. The summed E-state index contributed by atoms with van der Waals surface area (Å²) in [6.45, 7) is 3.09. The molecule has 0 saturated heterocycles. The number of benzene rings is 1. The maximum atomic E-state index is 12.6. The number of nitrogens with one attached hydrogen (secondary N) is 1. The van der Waals surface area contributed by atoms with E-state index in [1.165, 1.54) is 0 Å². The molecular formula is C10H10F3N3O4. The number of halogens is 3. The van der Waals surface area contributed by atoms with E-state index >= 15 is 0 Å². The second-order valence-electron chi connectivity index (χ2n) is 4.20. The second-order valence-corrected chi connectivity index (χ2v) is 4.20. The molecule has 0 bridgehead atoms. The fourth-order valence-electron chi connectivity index (χ4n) is 1.50. The van der Waals surface area contributed by atoms with Crippen molar-refractivity contribution in [2.45, 2.75) is 26.1 Å². The number of hydrogen-bond donors (Lipinski definition) is 1. The van der Waals surface area contributed by atoms with Crippen molar-refractivity contribution in [1.29, 1.82) is 0 Å². The Kier molecular flexibility index (Phi) is 4.16. The van der Waals surface area contributed by atoms with Crippen molar-refractivity contribution in [3.05, 3.63) is 37.9 Å². The molecule has 7 nitrogen and oxygen atoms in total. The Labute approximate surface area is 110 Å². The fraction of sp³-hybridized carbons (Fsp3) is 0.400. The molecule has 0 fully saturated rings. The fourth-order valence-corrected chi connectivity index (χ4v) is 1.50. The van der Waals surface area contributed by atoms with Crippen LogP contribution in [0.1, 0.15) is 19.4 Å². The van der Waals surface area contributed by atoms with Crippen molar-refractivity contribution < 1.29 is 23.0 Å². The summed E-state index contributed by atoms with van der Waals surface area (Å²) in [6, 6.07) is 0.124. The third kappa shape index (κ3) is 3.33. The van der Waals surface area contributed by atoms with Gasteiger partial charge in [-0.25, -0.2) is 0 Å². The standard InChI is InChI=1S/C10H10F3N3O4/c1-5(2)14-9-7(15(17)18)3-6(10(11,12)13)4-8(9)16(19)20/h3-5,14H,1-2H3. The van der Waals surface area contributed by atoms with Gasteiger partial charge in [-0.3, -0.25) is 20.2 Å². The summed E-state index contributed by atoms with van der Waals surface area (Å²) < 4.78 is 37.8. The van der Waals surface area contributed by atoms with E-state index in [1.807, 2.05) is 0 Å². The number of nitrogens with zero attached hydrogens (tertiary/aromatic N) is 2. The molecule has 0 atom stereocenters. The molecule has 0 aromatic heterocycles. The molecule has 0 amide bonds. The lowest BCUT2D eigenvalue weighted by Crippen LogP contribution is -2.15. The number of nitro groups is 2. The van der Waals surface area contributed by atoms with Gasteiger partial charge in [0.2, 0.25) is 0 Å². The number of alkyl halides is 3. The van der Waals surface area contributed by atoms with Crippen LogP contribution in [0.4, 0.5) is 30.2 Å². The van der Waals surface area contributed by atoms with Crippen LogP contribution in [0, 0.1) is 20.2 Å². The quantitative estimate of drug-likeness (QED) is 0.678. The van der Waals surface area contributed by atoms with Gasteiger partial charge in [0.1, 0.15) is 0 Å². The summed E-state index contributed by atoms with van der Waals surface area (Å²) in [7, 11) is 0. The molecule has 0 heterocycles. The van der Waals surface area contributed by atoms with Crippen LogP contribution in [0.5, 0.6) is 0 Å². The van der Waals surface area contributed by atoms with Crippen LogP contribution in [0.3, 0.4) is 0 Å². The average molecular weight is 293 g/mol. The van der Waals surface area contributed by atoms with Crippen molar-refractivity contribution in [2.24, 2.45) is 0 Å². The molecule has 1 aromatic carbocycles. The third-order valence-electron chi connectivity index (χ3n) is 2.25. The van der Waals surface area contributed by atoms with Gasteiger partial charge in [0.25, 0.3) is 11.4 Å². The molecular weight excluding hydrogens is 283 g/mol. The minimum atomic E-state index is -4.91. The number of hydrogen-bond acceptors (Lipinski definition) is 5. The van der Waals surface area contributed by atoms with E-state index in [9.17, 15) is 33.4 Å². The molecule has 0 spiro atoms. The molecule has 1 rings (SSSR count). The number of rotatable bonds is 4. The highest BCUT2D eigenvalue weighted by Crippen LogP contribution is 2.41. The lowest BCUT2D eigenvalue weighted by molar-refractivity contribution is -0.392. The maximum absolute atomic E-state index is 12.6. The molecule has 0 aliphatic rings. The van der Waals surface area contributed by atoms with Crippen LogP contribution < -0.4 is 5.32 Å². The van der Waals surface area contributed by atoms with Gasteiger partial charge in [0.05, 0.1) is 15.4 Å². The van der Waals surface area contributed by atoms with Crippen LogP contribution >= 0.6 is 0 Å². The predicted molar refractivity (Wildman–Crippen MR) is 63.5 cm³/mol. The summed E-state index contributed by atoms with van der Waals surface area (Å²) in [5, 5.41) is 24.1. The molecule has 1 N–H and O–H groups in total. The summed E-state index contributed by atoms with van der Waals surface area (Å²) in [4.78, 5) is 19.5. The van der Waals surface area contributed by atoms with Crippen LogP contribution in [0.15, 0.2) is 12.1 Å². The van der Waals surface area contributed by atoms with Gasteiger partial charge >= 0.3 is 6.18 Å². The van der Waals surface area contributed by atoms with E-state index in [-0.39, 0.29) is 12.1 Å². The molecule has 0 aliphatic heterocycles. The summed E-state index contributed by atoms with van der Waals surface area (Å²) >= 11 is 0. The summed E-state index contributed by atoms with van der Waals surface area (Å²) in [5.41, 5.74) is -3.95. The molecule has 0 radical (unpaired) electrons. The van der Waals surface area contributed by atoms with Gasteiger partial charge in [-0.1, -0.05) is 0 Å². The molecule has 0 aliphatic carbocycles. The first kappa shape index (κ1) is 15.7. The van der Waals surface area contributed by atoms with Gasteiger partial charge in [-0.2, -0.15) is 13.2 Å². The van der Waals surface area contributed by atoms with Crippen LogP contribution in [-0.2, 0) is 6.18 Å². The Morgan fingerprint density at radius 1 is 1.10 bits per heavy atom. The minimum absolute atomic E-state index is 0.276. The monoisotopic (exact) mass is 293 g/mol. The smallest absolute Gasteiger partial charge is 0.372 e. The third-order valence-corrected chi connectivity index (χ3v) is 2.25. The first-order valence-electron chi connectivity index (χ1n) is 5.34. The van der Waals surface area contributed by atoms with Crippen molar-refractivity contribution in [3.8, 4) is 0 Å². The average Bonchev–Trinajstić information content (AvgIpc) is 2.25.